The maximum atomic E-state index is 13.5. The average Bonchev–Trinajstić information content (AvgIpc) is 2.85. The Balaban J connectivity index is 2.05. The lowest BCUT2D eigenvalue weighted by Gasteiger charge is -2.07. The van der Waals surface area contributed by atoms with E-state index in [4.69, 9.17) is 0 Å². The maximum absolute atomic E-state index is 13.5. The number of phenols is 1. The third-order valence-corrected chi connectivity index (χ3v) is 3.63. The number of aromatic nitrogens is 1. The van der Waals surface area contributed by atoms with E-state index in [1.807, 2.05) is 24.4 Å². The van der Waals surface area contributed by atoms with Crippen molar-refractivity contribution in [1.29, 1.82) is 0 Å². The number of nitrogens with zero attached hydrogens (tertiary/aromatic N) is 2. The number of hydrogen-bond donors (Lipinski definition) is 2. The number of hydrogen-bond acceptors (Lipinski definition) is 5. The molecule has 0 fully saturated rings. The lowest BCUT2D eigenvalue weighted by Crippen LogP contribution is -2.24. The van der Waals surface area contributed by atoms with E-state index in [1.54, 1.807) is 0 Å². The van der Waals surface area contributed by atoms with Gasteiger partial charge in [-0.1, -0.05) is 6.07 Å². The fourth-order valence-electron chi connectivity index (χ4n) is 1.58. The second kappa shape index (κ2) is 5.87. The Bertz CT molecular complexity index is 608. The number of anilines is 1. The van der Waals surface area contributed by atoms with Gasteiger partial charge in [0.05, 0.1) is 12.2 Å². The first-order valence-corrected chi connectivity index (χ1v) is 6.74. The van der Waals surface area contributed by atoms with Gasteiger partial charge < -0.3 is 15.3 Å². The summed E-state index contributed by atoms with van der Waals surface area (Å²) in [5.74, 6) is -1.80. The quantitative estimate of drug-likeness (QED) is 0.905. The van der Waals surface area contributed by atoms with Gasteiger partial charge >= 0.3 is 0 Å². The van der Waals surface area contributed by atoms with Gasteiger partial charge in [-0.05, 0) is 12.1 Å². The van der Waals surface area contributed by atoms with Gasteiger partial charge in [0.1, 0.15) is 17.1 Å². The van der Waals surface area contributed by atoms with E-state index >= 15 is 0 Å². The standard InChI is InChI=1S/C13H14FN3O2S/c1-17(2)13-16-8(7-20-13)6-15-12(19)11-9(14)4-3-5-10(11)18/h3-5,7,18H,6H2,1-2H3,(H,15,19). The van der Waals surface area contributed by atoms with E-state index in [1.165, 1.54) is 23.5 Å². The first-order valence-electron chi connectivity index (χ1n) is 5.86. The number of carbonyl (C=O) groups is 1. The Kier molecular flexibility index (Phi) is 4.19. The molecule has 5 nitrogen and oxygen atoms in total. The van der Waals surface area contributed by atoms with E-state index < -0.39 is 11.7 Å². The first-order chi connectivity index (χ1) is 9.49. The first kappa shape index (κ1) is 14.3. The normalized spacial score (nSPS) is 10.3. The molecule has 20 heavy (non-hydrogen) atoms. The molecule has 0 atom stereocenters. The Labute approximate surface area is 119 Å². The maximum Gasteiger partial charge on any atom is 0.258 e. The zero-order valence-corrected chi connectivity index (χ0v) is 11.9. The molecule has 0 unspecified atom stereocenters. The van der Waals surface area contributed by atoms with Crippen LogP contribution in [0.4, 0.5) is 9.52 Å². The highest BCUT2D eigenvalue weighted by molar-refractivity contribution is 7.13. The smallest absolute Gasteiger partial charge is 0.258 e. The van der Waals surface area contributed by atoms with Crippen LogP contribution in [-0.4, -0.2) is 30.1 Å². The molecular weight excluding hydrogens is 281 g/mol. The van der Waals surface area contributed by atoms with Crippen LogP contribution < -0.4 is 10.2 Å². The zero-order valence-electron chi connectivity index (χ0n) is 11.1. The summed E-state index contributed by atoms with van der Waals surface area (Å²) < 4.78 is 13.5. The second-order valence-corrected chi connectivity index (χ2v) is 5.17. The molecule has 106 valence electrons. The summed E-state index contributed by atoms with van der Waals surface area (Å²) >= 11 is 1.45. The summed E-state index contributed by atoms with van der Waals surface area (Å²) in [7, 11) is 3.75. The molecule has 0 aliphatic rings. The molecule has 0 radical (unpaired) electrons. The fraction of sp³-hybridized carbons (Fsp3) is 0.231. The molecule has 2 rings (SSSR count). The van der Waals surface area contributed by atoms with Crippen molar-refractivity contribution in [3.8, 4) is 5.75 Å². The van der Waals surface area contributed by atoms with Crippen molar-refractivity contribution in [3.63, 3.8) is 0 Å². The summed E-state index contributed by atoms with van der Waals surface area (Å²) in [6.07, 6.45) is 0. The van der Waals surface area contributed by atoms with Crippen molar-refractivity contribution in [2.45, 2.75) is 6.54 Å². The molecule has 2 N–H and O–H groups in total. The average molecular weight is 295 g/mol. The Hall–Kier alpha value is -2.15. The second-order valence-electron chi connectivity index (χ2n) is 4.33. The minimum atomic E-state index is -0.755. The lowest BCUT2D eigenvalue weighted by atomic mass is 10.1. The van der Waals surface area contributed by atoms with Crippen LogP contribution in [0, 0.1) is 5.82 Å². The van der Waals surface area contributed by atoms with Crippen LogP contribution in [0.5, 0.6) is 5.75 Å². The molecule has 0 spiro atoms. The summed E-state index contributed by atoms with van der Waals surface area (Å²) in [6.45, 7) is 0.178. The van der Waals surface area contributed by atoms with Crippen molar-refractivity contribution in [2.75, 3.05) is 19.0 Å². The van der Waals surface area contributed by atoms with Crippen LogP contribution in [0.25, 0.3) is 0 Å². The number of phenolic OH excluding ortho intramolecular Hbond substituents is 1. The van der Waals surface area contributed by atoms with E-state index in [0.29, 0.717) is 5.69 Å². The van der Waals surface area contributed by atoms with Gasteiger partial charge in [0.25, 0.3) is 5.91 Å². The summed E-state index contributed by atoms with van der Waals surface area (Å²) in [5.41, 5.74) is 0.332. The van der Waals surface area contributed by atoms with Crippen LogP contribution in [0.1, 0.15) is 16.1 Å². The van der Waals surface area contributed by atoms with Crippen LogP contribution in [-0.2, 0) is 6.54 Å². The summed E-state index contributed by atoms with van der Waals surface area (Å²) in [5, 5.41) is 14.7. The van der Waals surface area contributed by atoms with E-state index in [-0.39, 0.29) is 17.9 Å². The molecule has 7 heteroatoms. The lowest BCUT2D eigenvalue weighted by molar-refractivity contribution is 0.0943. The number of thiazole rings is 1. The van der Waals surface area contributed by atoms with E-state index in [9.17, 15) is 14.3 Å². The number of halogens is 1. The predicted octanol–water partition coefficient (Wildman–Crippen LogP) is 1.98. The highest BCUT2D eigenvalue weighted by Crippen LogP contribution is 2.20. The number of nitrogens with one attached hydrogen (secondary N) is 1. The molecule has 0 saturated heterocycles. The van der Waals surface area contributed by atoms with Gasteiger partial charge in [-0.25, -0.2) is 9.37 Å². The molecule has 0 aliphatic carbocycles. The number of rotatable bonds is 4. The molecule has 2 aromatic rings. The number of aromatic hydroxyl groups is 1. The molecule has 1 amide bonds. The number of amides is 1. The third kappa shape index (κ3) is 3.05. The highest BCUT2D eigenvalue weighted by atomic mass is 32.1. The largest absolute Gasteiger partial charge is 0.507 e. The van der Waals surface area contributed by atoms with Gasteiger partial charge in [0.2, 0.25) is 0 Å². The minimum Gasteiger partial charge on any atom is -0.507 e. The molecule has 1 aromatic heterocycles. The molecule has 1 aromatic carbocycles. The zero-order chi connectivity index (χ0) is 14.7. The summed E-state index contributed by atoms with van der Waals surface area (Å²) in [4.78, 5) is 18.0. The van der Waals surface area contributed by atoms with Gasteiger partial charge in [-0.15, -0.1) is 11.3 Å². The van der Waals surface area contributed by atoms with Crippen LogP contribution in [0.2, 0.25) is 0 Å². The Morgan fingerprint density at radius 3 is 2.85 bits per heavy atom. The number of benzene rings is 1. The molecule has 0 aliphatic heterocycles. The minimum absolute atomic E-state index is 0.178. The Morgan fingerprint density at radius 1 is 1.50 bits per heavy atom. The molecule has 1 heterocycles. The van der Waals surface area contributed by atoms with Crippen LogP contribution >= 0.6 is 11.3 Å². The van der Waals surface area contributed by atoms with Crippen molar-refractivity contribution < 1.29 is 14.3 Å². The van der Waals surface area contributed by atoms with Crippen LogP contribution in [0.3, 0.4) is 0 Å². The topological polar surface area (TPSA) is 65.5 Å². The fourth-order valence-corrected chi connectivity index (χ4v) is 2.34. The van der Waals surface area contributed by atoms with Crippen molar-refractivity contribution in [2.24, 2.45) is 0 Å². The predicted molar refractivity (Wildman–Crippen MR) is 75.7 cm³/mol. The molecule has 0 saturated carbocycles. The highest BCUT2D eigenvalue weighted by Gasteiger charge is 2.16. The van der Waals surface area contributed by atoms with Gasteiger partial charge in [-0.3, -0.25) is 4.79 Å². The molecular formula is C13H14FN3O2S. The summed E-state index contributed by atoms with van der Waals surface area (Å²) in [6, 6.07) is 3.73. The van der Waals surface area contributed by atoms with Gasteiger partial charge in [0, 0.05) is 19.5 Å². The Morgan fingerprint density at radius 2 is 2.25 bits per heavy atom. The monoisotopic (exact) mass is 295 g/mol. The van der Waals surface area contributed by atoms with Gasteiger partial charge in [-0.2, -0.15) is 0 Å². The third-order valence-electron chi connectivity index (χ3n) is 2.57. The van der Waals surface area contributed by atoms with Crippen molar-refractivity contribution >= 4 is 22.4 Å². The SMILES string of the molecule is CN(C)c1nc(CNC(=O)c2c(O)cccc2F)cs1. The van der Waals surface area contributed by atoms with E-state index in [2.05, 4.69) is 10.3 Å². The van der Waals surface area contributed by atoms with E-state index in [0.717, 1.165) is 11.2 Å². The van der Waals surface area contributed by atoms with Crippen molar-refractivity contribution in [1.82, 2.24) is 10.3 Å². The van der Waals surface area contributed by atoms with Crippen molar-refractivity contribution in [3.05, 3.63) is 40.7 Å². The van der Waals surface area contributed by atoms with Crippen LogP contribution in [0.15, 0.2) is 23.6 Å². The van der Waals surface area contributed by atoms with Gasteiger partial charge in [0.15, 0.2) is 5.13 Å². The molecule has 0 bridgehead atoms. The number of carbonyl (C=O) groups excluding carboxylic acids is 1.